The monoisotopic (exact) mass is 204 g/mol. The molecule has 0 aliphatic carbocycles. The van der Waals surface area contributed by atoms with Gasteiger partial charge in [0, 0.05) is 5.57 Å². The van der Waals surface area contributed by atoms with E-state index in [1.807, 2.05) is 33.0 Å². The molecule has 0 aromatic carbocycles. The average molecular weight is 204 g/mol. The molecule has 0 bridgehead atoms. The Bertz CT molecular complexity index is 153. The topological polar surface area (TPSA) is 64.5 Å². The van der Waals surface area contributed by atoms with Gasteiger partial charge < -0.3 is 15.8 Å². The van der Waals surface area contributed by atoms with Gasteiger partial charge in [-0.2, -0.15) is 0 Å². The number of hydrogen-bond acceptors (Lipinski definition) is 4. The van der Waals surface area contributed by atoms with Crippen molar-refractivity contribution in [3.8, 4) is 0 Å². The number of carbonyl (C=O) groups is 1. The normalized spacial score (nSPS) is 8.14. The van der Waals surface area contributed by atoms with Gasteiger partial charge in [-0.05, 0) is 34.5 Å². The third-order valence-electron chi connectivity index (χ3n) is 0.786. The fourth-order valence-corrected chi connectivity index (χ4v) is 0.318. The Hall–Kier alpha value is -0.870. The van der Waals surface area contributed by atoms with E-state index in [1.165, 1.54) is 0 Å². The van der Waals surface area contributed by atoms with E-state index >= 15 is 0 Å². The lowest BCUT2D eigenvalue weighted by atomic mass is 10.4. The Balaban J connectivity index is -0.000000209. The van der Waals surface area contributed by atoms with Gasteiger partial charge in [0.05, 0.1) is 6.61 Å². The standard InChI is InChI=1S/C7H12O2.C3H9N.H3N/c1-4-5-9-7(8)6(2)3;1-4(2)3;/h2,4-5H2,1,3H3;1-3H3;1H3. The van der Waals surface area contributed by atoms with Gasteiger partial charge in [-0.3, -0.25) is 0 Å². The molecule has 0 spiro atoms. The molecule has 14 heavy (non-hydrogen) atoms. The summed E-state index contributed by atoms with van der Waals surface area (Å²) in [5.41, 5.74) is 0.462. The second kappa shape index (κ2) is 12.1. The van der Waals surface area contributed by atoms with Crippen molar-refractivity contribution in [3.05, 3.63) is 12.2 Å². The maximum Gasteiger partial charge on any atom is 0.333 e. The molecule has 0 saturated heterocycles. The summed E-state index contributed by atoms with van der Waals surface area (Å²) in [7, 11) is 6.00. The third-order valence-corrected chi connectivity index (χ3v) is 0.786. The lowest BCUT2D eigenvalue weighted by molar-refractivity contribution is -0.138. The largest absolute Gasteiger partial charge is 0.462 e. The molecule has 0 aliphatic heterocycles. The van der Waals surface area contributed by atoms with Gasteiger partial charge in [0.2, 0.25) is 0 Å². The second-order valence-electron chi connectivity index (χ2n) is 3.26. The molecule has 86 valence electrons. The zero-order valence-corrected chi connectivity index (χ0v) is 10.1. The summed E-state index contributed by atoms with van der Waals surface area (Å²) in [6, 6.07) is 0. The maximum absolute atomic E-state index is 10.6. The zero-order chi connectivity index (χ0) is 10.9. The highest BCUT2D eigenvalue weighted by molar-refractivity contribution is 5.86. The molecule has 0 aromatic rings. The summed E-state index contributed by atoms with van der Waals surface area (Å²) in [4.78, 5) is 12.6. The Morgan fingerprint density at radius 3 is 1.93 bits per heavy atom. The maximum atomic E-state index is 10.6. The van der Waals surface area contributed by atoms with Gasteiger partial charge in [0.15, 0.2) is 0 Å². The predicted molar refractivity (Wildman–Crippen MR) is 60.7 cm³/mol. The molecule has 0 atom stereocenters. The molecule has 3 N–H and O–H groups in total. The first-order valence-corrected chi connectivity index (χ1v) is 4.35. The zero-order valence-electron chi connectivity index (χ0n) is 10.1. The summed E-state index contributed by atoms with van der Waals surface area (Å²) < 4.78 is 4.71. The molecule has 0 unspecified atom stereocenters. The minimum atomic E-state index is -0.295. The summed E-state index contributed by atoms with van der Waals surface area (Å²) in [5.74, 6) is -0.295. The summed E-state index contributed by atoms with van der Waals surface area (Å²) >= 11 is 0. The number of rotatable bonds is 3. The quantitative estimate of drug-likeness (QED) is 0.563. The van der Waals surface area contributed by atoms with E-state index in [9.17, 15) is 4.79 Å². The van der Waals surface area contributed by atoms with Crippen LogP contribution in [-0.4, -0.2) is 38.6 Å². The van der Waals surface area contributed by atoms with Crippen molar-refractivity contribution in [2.75, 3.05) is 27.7 Å². The van der Waals surface area contributed by atoms with Crippen LogP contribution in [0, 0.1) is 0 Å². The van der Waals surface area contributed by atoms with Crippen molar-refractivity contribution in [1.82, 2.24) is 11.1 Å². The van der Waals surface area contributed by atoms with Crippen LogP contribution in [-0.2, 0) is 9.53 Å². The van der Waals surface area contributed by atoms with Crippen molar-refractivity contribution in [2.24, 2.45) is 0 Å². The van der Waals surface area contributed by atoms with Gasteiger partial charge in [0.25, 0.3) is 0 Å². The lowest BCUT2D eigenvalue weighted by Crippen LogP contribution is -2.04. The van der Waals surface area contributed by atoms with Crippen LogP contribution >= 0.6 is 0 Å². The van der Waals surface area contributed by atoms with Crippen LogP contribution in [0.1, 0.15) is 20.3 Å². The minimum Gasteiger partial charge on any atom is -0.462 e. The van der Waals surface area contributed by atoms with Gasteiger partial charge in [-0.15, -0.1) is 0 Å². The van der Waals surface area contributed by atoms with E-state index in [2.05, 4.69) is 6.58 Å². The van der Waals surface area contributed by atoms with Gasteiger partial charge in [-0.25, -0.2) is 4.79 Å². The van der Waals surface area contributed by atoms with Crippen molar-refractivity contribution in [2.45, 2.75) is 20.3 Å². The highest BCUT2D eigenvalue weighted by Gasteiger charge is 1.99. The molecule has 0 aromatic heterocycles. The SMILES string of the molecule is C=C(C)C(=O)OCCC.CN(C)C.N. The molecule has 0 saturated carbocycles. The van der Waals surface area contributed by atoms with Gasteiger partial charge in [-0.1, -0.05) is 13.5 Å². The number of carbonyl (C=O) groups excluding carboxylic acids is 1. The average Bonchev–Trinajstić information content (AvgIpc) is 1.98. The highest BCUT2D eigenvalue weighted by atomic mass is 16.5. The molecule has 0 rings (SSSR count). The van der Waals surface area contributed by atoms with E-state index in [4.69, 9.17) is 4.74 Å². The molecule has 4 nitrogen and oxygen atoms in total. The molecular formula is C10H24N2O2. The molecule has 0 amide bonds. The van der Waals surface area contributed by atoms with E-state index < -0.39 is 0 Å². The van der Waals surface area contributed by atoms with Crippen molar-refractivity contribution in [1.29, 1.82) is 0 Å². The molecular weight excluding hydrogens is 180 g/mol. The molecule has 4 heteroatoms. The van der Waals surface area contributed by atoms with Crippen LogP contribution in [0.25, 0.3) is 0 Å². The molecule has 0 heterocycles. The summed E-state index contributed by atoms with van der Waals surface area (Å²) in [6.07, 6.45) is 0.860. The highest BCUT2D eigenvalue weighted by Crippen LogP contribution is 1.91. The molecule has 0 fully saturated rings. The smallest absolute Gasteiger partial charge is 0.333 e. The Labute approximate surface area is 87.5 Å². The van der Waals surface area contributed by atoms with Crippen LogP contribution in [0.4, 0.5) is 0 Å². The molecule has 0 radical (unpaired) electrons. The number of hydrogen-bond donors (Lipinski definition) is 1. The first-order chi connectivity index (χ1) is 5.91. The van der Waals surface area contributed by atoms with Crippen molar-refractivity contribution < 1.29 is 9.53 Å². The fourth-order valence-electron chi connectivity index (χ4n) is 0.318. The van der Waals surface area contributed by atoms with E-state index in [-0.39, 0.29) is 12.1 Å². The molecule has 0 aliphatic rings. The lowest BCUT2D eigenvalue weighted by Gasteiger charge is -1.99. The van der Waals surface area contributed by atoms with Crippen LogP contribution in [0.3, 0.4) is 0 Å². The van der Waals surface area contributed by atoms with E-state index in [0.717, 1.165) is 6.42 Å². The Morgan fingerprint density at radius 2 is 1.71 bits per heavy atom. The Kier molecular flexibility index (Phi) is 16.3. The predicted octanol–water partition coefficient (Wildman–Crippen LogP) is 1.86. The van der Waals surface area contributed by atoms with Crippen molar-refractivity contribution in [3.63, 3.8) is 0 Å². The van der Waals surface area contributed by atoms with Crippen LogP contribution < -0.4 is 6.15 Å². The van der Waals surface area contributed by atoms with E-state index in [1.54, 1.807) is 6.92 Å². The van der Waals surface area contributed by atoms with Crippen LogP contribution in [0.5, 0.6) is 0 Å². The summed E-state index contributed by atoms with van der Waals surface area (Å²) in [5, 5.41) is 0. The fraction of sp³-hybridized carbons (Fsp3) is 0.700. The third kappa shape index (κ3) is 22.5. The van der Waals surface area contributed by atoms with Gasteiger partial charge >= 0.3 is 5.97 Å². The summed E-state index contributed by atoms with van der Waals surface area (Å²) in [6.45, 7) is 7.51. The van der Waals surface area contributed by atoms with Crippen LogP contribution in [0.15, 0.2) is 12.2 Å². The minimum absolute atomic E-state index is 0. The first kappa shape index (κ1) is 18.8. The number of ether oxygens (including phenoxy) is 1. The van der Waals surface area contributed by atoms with E-state index in [0.29, 0.717) is 12.2 Å². The number of nitrogens with zero attached hydrogens (tertiary/aromatic N) is 1. The van der Waals surface area contributed by atoms with Crippen LogP contribution in [0.2, 0.25) is 0 Å². The second-order valence-corrected chi connectivity index (χ2v) is 3.26. The number of esters is 1. The van der Waals surface area contributed by atoms with Gasteiger partial charge in [0.1, 0.15) is 0 Å². The Morgan fingerprint density at radius 1 is 1.36 bits per heavy atom. The first-order valence-electron chi connectivity index (χ1n) is 4.35. The van der Waals surface area contributed by atoms with Crippen molar-refractivity contribution >= 4 is 5.97 Å².